The van der Waals surface area contributed by atoms with Gasteiger partial charge in [0, 0.05) is 11.4 Å². The fourth-order valence-electron chi connectivity index (χ4n) is 2.22. The molecule has 102 valence electrons. The van der Waals surface area contributed by atoms with Gasteiger partial charge in [-0.1, -0.05) is 18.9 Å². The number of benzene rings is 1. The predicted octanol–water partition coefficient (Wildman–Crippen LogP) is 2.39. The summed E-state index contributed by atoms with van der Waals surface area (Å²) in [5.41, 5.74) is 0.328. The van der Waals surface area contributed by atoms with Gasteiger partial charge in [-0.25, -0.2) is 13.1 Å². The molecule has 1 aliphatic rings. The second kappa shape index (κ2) is 5.91. The standard InChI is InChI=1S/C13H15ClN2O2S/c14-12-6-1-2-7-13(12)16-19(17,18)11-5-3-4-10(8-11)9-15/h3-5,8,12-13,16H,1-2,6-7H2. The van der Waals surface area contributed by atoms with Crippen molar-refractivity contribution in [2.24, 2.45) is 0 Å². The lowest BCUT2D eigenvalue weighted by atomic mass is 9.96. The molecule has 1 saturated carbocycles. The summed E-state index contributed by atoms with van der Waals surface area (Å²) in [5, 5.41) is 8.64. The smallest absolute Gasteiger partial charge is 0.207 e. The molecule has 0 aliphatic heterocycles. The van der Waals surface area contributed by atoms with E-state index in [-0.39, 0.29) is 16.3 Å². The first-order valence-corrected chi connectivity index (χ1v) is 8.11. The van der Waals surface area contributed by atoms with Crippen LogP contribution >= 0.6 is 11.6 Å². The molecule has 0 radical (unpaired) electrons. The summed E-state index contributed by atoms with van der Waals surface area (Å²) in [4.78, 5) is 0.112. The lowest BCUT2D eigenvalue weighted by Gasteiger charge is -2.27. The Hall–Kier alpha value is -1.09. The minimum absolute atomic E-state index is 0.112. The fourth-order valence-corrected chi connectivity index (χ4v) is 3.99. The molecule has 19 heavy (non-hydrogen) atoms. The Labute approximate surface area is 118 Å². The molecule has 0 spiro atoms. The summed E-state index contributed by atoms with van der Waals surface area (Å²) < 4.78 is 27.1. The van der Waals surface area contributed by atoms with Crippen LogP contribution in [0.2, 0.25) is 0 Å². The van der Waals surface area contributed by atoms with E-state index in [0.29, 0.717) is 5.56 Å². The normalized spacial score (nSPS) is 23.8. The molecule has 1 N–H and O–H groups in total. The second-order valence-corrected chi connectivity index (χ2v) is 6.94. The summed E-state index contributed by atoms with van der Waals surface area (Å²) in [6.07, 6.45) is 3.60. The number of rotatable bonds is 3. The Morgan fingerprint density at radius 2 is 2.05 bits per heavy atom. The van der Waals surface area contributed by atoms with E-state index in [1.807, 2.05) is 6.07 Å². The van der Waals surface area contributed by atoms with E-state index in [4.69, 9.17) is 16.9 Å². The van der Waals surface area contributed by atoms with E-state index in [2.05, 4.69) is 4.72 Å². The quantitative estimate of drug-likeness (QED) is 0.871. The van der Waals surface area contributed by atoms with E-state index in [9.17, 15) is 8.42 Å². The zero-order chi connectivity index (χ0) is 13.9. The highest BCUT2D eigenvalue weighted by molar-refractivity contribution is 7.89. The Kier molecular flexibility index (Phi) is 4.46. The van der Waals surface area contributed by atoms with Crippen LogP contribution in [-0.4, -0.2) is 19.8 Å². The summed E-state index contributed by atoms with van der Waals surface area (Å²) >= 11 is 6.16. The first-order valence-electron chi connectivity index (χ1n) is 6.19. The van der Waals surface area contributed by atoms with Crippen molar-refractivity contribution in [3.63, 3.8) is 0 Å². The third-order valence-corrected chi connectivity index (χ3v) is 5.27. The third kappa shape index (κ3) is 3.47. The van der Waals surface area contributed by atoms with Crippen LogP contribution in [0.15, 0.2) is 29.2 Å². The SMILES string of the molecule is N#Cc1cccc(S(=O)(=O)NC2CCCCC2Cl)c1. The maximum Gasteiger partial charge on any atom is 0.240 e. The number of nitrogens with one attached hydrogen (secondary N) is 1. The number of hydrogen-bond donors (Lipinski definition) is 1. The molecule has 2 unspecified atom stereocenters. The summed E-state index contributed by atoms with van der Waals surface area (Å²) in [6, 6.07) is 7.69. The minimum Gasteiger partial charge on any atom is -0.207 e. The van der Waals surface area contributed by atoms with Crippen molar-refractivity contribution in [3.8, 4) is 6.07 Å². The zero-order valence-electron chi connectivity index (χ0n) is 10.3. The molecule has 0 heterocycles. The Morgan fingerprint density at radius 3 is 2.74 bits per heavy atom. The van der Waals surface area contributed by atoms with Gasteiger partial charge < -0.3 is 0 Å². The van der Waals surface area contributed by atoms with Gasteiger partial charge in [-0.3, -0.25) is 0 Å². The molecular formula is C13H15ClN2O2S. The van der Waals surface area contributed by atoms with Crippen LogP contribution in [0.1, 0.15) is 31.2 Å². The van der Waals surface area contributed by atoms with Gasteiger partial charge in [-0.15, -0.1) is 11.6 Å². The summed E-state index contributed by atoms with van der Waals surface area (Å²) in [6.45, 7) is 0. The van der Waals surface area contributed by atoms with Gasteiger partial charge in [0.25, 0.3) is 0 Å². The van der Waals surface area contributed by atoms with Crippen molar-refractivity contribution in [1.82, 2.24) is 4.72 Å². The molecule has 1 fully saturated rings. The zero-order valence-corrected chi connectivity index (χ0v) is 11.9. The molecule has 0 bridgehead atoms. The molecule has 1 aliphatic carbocycles. The van der Waals surface area contributed by atoms with Crippen LogP contribution in [0.3, 0.4) is 0 Å². The van der Waals surface area contributed by atoms with Gasteiger partial charge >= 0.3 is 0 Å². The van der Waals surface area contributed by atoms with E-state index >= 15 is 0 Å². The maximum atomic E-state index is 12.2. The van der Waals surface area contributed by atoms with Crippen LogP contribution in [0, 0.1) is 11.3 Å². The predicted molar refractivity (Wildman–Crippen MR) is 73.4 cm³/mol. The molecule has 0 aromatic heterocycles. The van der Waals surface area contributed by atoms with Gasteiger partial charge in [-0.2, -0.15) is 5.26 Å². The topological polar surface area (TPSA) is 70.0 Å². The molecule has 2 rings (SSSR count). The van der Waals surface area contributed by atoms with E-state index < -0.39 is 10.0 Å². The fraction of sp³-hybridized carbons (Fsp3) is 0.462. The molecule has 1 aromatic carbocycles. The van der Waals surface area contributed by atoms with Crippen molar-refractivity contribution in [3.05, 3.63) is 29.8 Å². The molecule has 0 amide bonds. The monoisotopic (exact) mass is 298 g/mol. The van der Waals surface area contributed by atoms with Crippen molar-refractivity contribution < 1.29 is 8.42 Å². The van der Waals surface area contributed by atoms with Crippen molar-refractivity contribution >= 4 is 21.6 Å². The lowest BCUT2D eigenvalue weighted by molar-refractivity contribution is 0.418. The highest BCUT2D eigenvalue weighted by Crippen LogP contribution is 2.24. The third-order valence-electron chi connectivity index (χ3n) is 3.26. The number of sulfonamides is 1. The van der Waals surface area contributed by atoms with E-state index in [1.165, 1.54) is 12.1 Å². The van der Waals surface area contributed by atoms with Gasteiger partial charge in [0.2, 0.25) is 10.0 Å². The lowest BCUT2D eigenvalue weighted by Crippen LogP contribution is -2.42. The molecular weight excluding hydrogens is 284 g/mol. The van der Waals surface area contributed by atoms with Crippen molar-refractivity contribution in [2.75, 3.05) is 0 Å². The highest BCUT2D eigenvalue weighted by atomic mass is 35.5. The Balaban J connectivity index is 2.20. The van der Waals surface area contributed by atoms with Crippen LogP contribution in [0.5, 0.6) is 0 Å². The second-order valence-electron chi connectivity index (χ2n) is 4.67. The summed E-state index contributed by atoms with van der Waals surface area (Å²) in [7, 11) is -3.61. The first-order chi connectivity index (χ1) is 9.03. The Morgan fingerprint density at radius 1 is 1.32 bits per heavy atom. The molecule has 2 atom stereocenters. The van der Waals surface area contributed by atoms with Crippen LogP contribution in [-0.2, 0) is 10.0 Å². The molecule has 1 aromatic rings. The first kappa shape index (κ1) is 14.3. The van der Waals surface area contributed by atoms with Crippen molar-refractivity contribution in [2.45, 2.75) is 42.0 Å². The largest absolute Gasteiger partial charge is 0.240 e. The van der Waals surface area contributed by atoms with Gasteiger partial charge in [0.1, 0.15) is 0 Å². The maximum absolute atomic E-state index is 12.2. The van der Waals surface area contributed by atoms with Gasteiger partial charge in [0.15, 0.2) is 0 Å². The summed E-state index contributed by atoms with van der Waals surface area (Å²) in [5.74, 6) is 0. The number of halogens is 1. The number of nitrogens with zero attached hydrogens (tertiary/aromatic N) is 1. The molecule has 4 nitrogen and oxygen atoms in total. The van der Waals surface area contributed by atoms with Gasteiger partial charge in [-0.05, 0) is 31.0 Å². The highest BCUT2D eigenvalue weighted by Gasteiger charge is 2.28. The Bertz CT molecular complexity index is 595. The van der Waals surface area contributed by atoms with Crippen LogP contribution in [0.4, 0.5) is 0 Å². The number of nitriles is 1. The van der Waals surface area contributed by atoms with E-state index in [1.54, 1.807) is 12.1 Å². The molecule has 0 saturated heterocycles. The molecule has 6 heteroatoms. The average molecular weight is 299 g/mol. The van der Waals surface area contributed by atoms with Crippen LogP contribution < -0.4 is 4.72 Å². The minimum atomic E-state index is -3.61. The van der Waals surface area contributed by atoms with Crippen molar-refractivity contribution in [1.29, 1.82) is 5.26 Å². The van der Waals surface area contributed by atoms with E-state index in [0.717, 1.165) is 25.7 Å². The number of alkyl halides is 1. The number of hydrogen-bond acceptors (Lipinski definition) is 3. The average Bonchev–Trinajstić information content (AvgIpc) is 2.41. The van der Waals surface area contributed by atoms with Crippen LogP contribution in [0.25, 0.3) is 0 Å². The van der Waals surface area contributed by atoms with Gasteiger partial charge in [0.05, 0.1) is 16.5 Å².